The first-order chi connectivity index (χ1) is 5.06. The van der Waals surface area contributed by atoms with E-state index in [2.05, 4.69) is 33.0 Å². The summed E-state index contributed by atoms with van der Waals surface area (Å²) in [6.07, 6.45) is 1.11. The average molecular weight is 159 g/mol. The Bertz CT molecular complexity index is 104. The van der Waals surface area contributed by atoms with Crippen molar-refractivity contribution in [1.82, 2.24) is 5.32 Å². The molecule has 0 heterocycles. The van der Waals surface area contributed by atoms with Crippen LogP contribution in [0.1, 0.15) is 34.1 Å². The van der Waals surface area contributed by atoms with Crippen LogP contribution in [-0.2, 0) is 0 Å². The molecule has 0 fully saturated rings. The SMILES string of the molecule is CCCNC(C)(CO)C(C)C. The molecular formula is C9H21NO. The van der Waals surface area contributed by atoms with Gasteiger partial charge in [0.25, 0.3) is 0 Å². The highest BCUT2D eigenvalue weighted by Gasteiger charge is 2.25. The molecule has 0 amide bonds. The van der Waals surface area contributed by atoms with Crippen LogP contribution in [0.3, 0.4) is 0 Å². The van der Waals surface area contributed by atoms with Gasteiger partial charge in [-0.05, 0) is 25.8 Å². The first-order valence-corrected chi connectivity index (χ1v) is 4.42. The zero-order valence-corrected chi connectivity index (χ0v) is 8.15. The van der Waals surface area contributed by atoms with Crippen molar-refractivity contribution in [3.8, 4) is 0 Å². The lowest BCUT2D eigenvalue weighted by Gasteiger charge is -2.32. The number of hydrogen-bond acceptors (Lipinski definition) is 2. The largest absolute Gasteiger partial charge is 0.394 e. The zero-order chi connectivity index (χ0) is 8.91. The molecule has 0 bridgehead atoms. The number of hydrogen-bond donors (Lipinski definition) is 2. The van der Waals surface area contributed by atoms with Gasteiger partial charge in [-0.2, -0.15) is 0 Å². The summed E-state index contributed by atoms with van der Waals surface area (Å²) in [7, 11) is 0. The Labute approximate surface area is 70.0 Å². The van der Waals surface area contributed by atoms with Crippen LogP contribution in [0.25, 0.3) is 0 Å². The van der Waals surface area contributed by atoms with Crippen molar-refractivity contribution in [3.63, 3.8) is 0 Å². The lowest BCUT2D eigenvalue weighted by molar-refractivity contribution is 0.133. The molecule has 11 heavy (non-hydrogen) atoms. The monoisotopic (exact) mass is 159 g/mol. The van der Waals surface area contributed by atoms with Crippen LogP contribution in [0.2, 0.25) is 0 Å². The van der Waals surface area contributed by atoms with E-state index in [1.807, 2.05) is 0 Å². The van der Waals surface area contributed by atoms with Crippen molar-refractivity contribution in [1.29, 1.82) is 0 Å². The molecule has 0 radical (unpaired) electrons. The number of rotatable bonds is 5. The fourth-order valence-electron chi connectivity index (χ4n) is 0.853. The van der Waals surface area contributed by atoms with Gasteiger partial charge in [0.1, 0.15) is 0 Å². The van der Waals surface area contributed by atoms with Crippen molar-refractivity contribution in [2.75, 3.05) is 13.2 Å². The van der Waals surface area contributed by atoms with Crippen molar-refractivity contribution >= 4 is 0 Å². The predicted molar refractivity (Wildman–Crippen MR) is 48.6 cm³/mol. The quantitative estimate of drug-likeness (QED) is 0.635. The molecule has 0 aliphatic carbocycles. The van der Waals surface area contributed by atoms with Gasteiger partial charge in [-0.3, -0.25) is 0 Å². The number of aliphatic hydroxyl groups excluding tert-OH is 1. The summed E-state index contributed by atoms with van der Waals surface area (Å²) >= 11 is 0. The molecule has 0 saturated heterocycles. The summed E-state index contributed by atoms with van der Waals surface area (Å²) in [6.45, 7) is 9.64. The molecule has 0 aromatic carbocycles. The van der Waals surface area contributed by atoms with E-state index in [0.717, 1.165) is 13.0 Å². The van der Waals surface area contributed by atoms with E-state index in [-0.39, 0.29) is 12.1 Å². The molecular weight excluding hydrogens is 138 g/mol. The van der Waals surface area contributed by atoms with E-state index in [0.29, 0.717) is 5.92 Å². The van der Waals surface area contributed by atoms with Crippen molar-refractivity contribution in [3.05, 3.63) is 0 Å². The molecule has 1 atom stereocenters. The van der Waals surface area contributed by atoms with Gasteiger partial charge in [-0.25, -0.2) is 0 Å². The summed E-state index contributed by atoms with van der Waals surface area (Å²) in [6, 6.07) is 0. The van der Waals surface area contributed by atoms with Gasteiger partial charge < -0.3 is 10.4 Å². The first-order valence-electron chi connectivity index (χ1n) is 4.42. The smallest absolute Gasteiger partial charge is 0.0613 e. The Kier molecular flexibility index (Phi) is 4.69. The van der Waals surface area contributed by atoms with Crippen LogP contribution in [-0.4, -0.2) is 23.8 Å². The zero-order valence-electron chi connectivity index (χ0n) is 8.15. The number of aliphatic hydroxyl groups is 1. The molecule has 0 aromatic heterocycles. The second-order valence-corrected chi connectivity index (χ2v) is 3.66. The van der Waals surface area contributed by atoms with Gasteiger partial charge in [0, 0.05) is 5.54 Å². The van der Waals surface area contributed by atoms with Crippen LogP contribution >= 0.6 is 0 Å². The Balaban J connectivity index is 3.88. The van der Waals surface area contributed by atoms with Crippen molar-refractivity contribution in [2.24, 2.45) is 5.92 Å². The van der Waals surface area contributed by atoms with Gasteiger partial charge in [-0.1, -0.05) is 20.8 Å². The van der Waals surface area contributed by atoms with E-state index in [1.165, 1.54) is 0 Å². The molecule has 2 nitrogen and oxygen atoms in total. The standard InChI is InChI=1S/C9H21NO/c1-5-6-10-9(4,7-11)8(2)3/h8,10-11H,5-7H2,1-4H3. The fraction of sp³-hybridized carbons (Fsp3) is 1.00. The third kappa shape index (κ3) is 3.21. The van der Waals surface area contributed by atoms with Crippen molar-refractivity contribution in [2.45, 2.75) is 39.7 Å². The molecule has 0 saturated carbocycles. The second kappa shape index (κ2) is 4.73. The third-order valence-electron chi connectivity index (χ3n) is 2.38. The van der Waals surface area contributed by atoms with Gasteiger partial charge in [-0.15, -0.1) is 0 Å². The maximum atomic E-state index is 9.12. The van der Waals surface area contributed by atoms with Crippen LogP contribution in [0.4, 0.5) is 0 Å². The Morgan fingerprint density at radius 2 is 2.00 bits per heavy atom. The lowest BCUT2D eigenvalue weighted by atomic mass is 9.89. The maximum Gasteiger partial charge on any atom is 0.0613 e. The van der Waals surface area contributed by atoms with Gasteiger partial charge in [0.05, 0.1) is 6.61 Å². The summed E-state index contributed by atoms with van der Waals surface area (Å²) in [5.41, 5.74) is -0.101. The molecule has 2 N–H and O–H groups in total. The van der Waals surface area contributed by atoms with Gasteiger partial charge in [0.2, 0.25) is 0 Å². The third-order valence-corrected chi connectivity index (χ3v) is 2.38. The Morgan fingerprint density at radius 3 is 2.27 bits per heavy atom. The summed E-state index contributed by atoms with van der Waals surface area (Å²) in [4.78, 5) is 0. The topological polar surface area (TPSA) is 32.3 Å². The summed E-state index contributed by atoms with van der Waals surface area (Å²) in [5, 5.41) is 12.5. The average Bonchev–Trinajstić information content (AvgIpc) is 2.00. The van der Waals surface area contributed by atoms with E-state index in [4.69, 9.17) is 5.11 Å². The van der Waals surface area contributed by atoms with E-state index < -0.39 is 0 Å². The minimum absolute atomic E-state index is 0.101. The van der Waals surface area contributed by atoms with E-state index in [1.54, 1.807) is 0 Å². The normalized spacial score (nSPS) is 16.9. The number of nitrogens with one attached hydrogen (secondary N) is 1. The molecule has 0 aliphatic rings. The molecule has 2 heteroatoms. The highest BCUT2D eigenvalue weighted by atomic mass is 16.3. The Hall–Kier alpha value is -0.0800. The minimum Gasteiger partial charge on any atom is -0.394 e. The molecule has 1 unspecified atom stereocenters. The molecule has 68 valence electrons. The highest BCUT2D eigenvalue weighted by molar-refractivity contribution is 4.84. The van der Waals surface area contributed by atoms with Crippen LogP contribution < -0.4 is 5.32 Å². The second-order valence-electron chi connectivity index (χ2n) is 3.66. The van der Waals surface area contributed by atoms with Crippen LogP contribution in [0.15, 0.2) is 0 Å². The predicted octanol–water partition coefficient (Wildman–Crippen LogP) is 1.39. The van der Waals surface area contributed by atoms with E-state index >= 15 is 0 Å². The highest BCUT2D eigenvalue weighted by Crippen LogP contribution is 2.14. The molecule has 0 spiro atoms. The molecule has 0 aliphatic heterocycles. The van der Waals surface area contributed by atoms with Crippen molar-refractivity contribution < 1.29 is 5.11 Å². The fourth-order valence-corrected chi connectivity index (χ4v) is 0.853. The molecule has 0 aromatic rings. The maximum absolute atomic E-state index is 9.12. The van der Waals surface area contributed by atoms with Crippen LogP contribution in [0.5, 0.6) is 0 Å². The summed E-state index contributed by atoms with van der Waals surface area (Å²) in [5.74, 6) is 0.471. The first kappa shape index (κ1) is 10.9. The van der Waals surface area contributed by atoms with E-state index in [9.17, 15) is 0 Å². The van der Waals surface area contributed by atoms with Gasteiger partial charge >= 0.3 is 0 Å². The summed E-state index contributed by atoms with van der Waals surface area (Å²) < 4.78 is 0. The van der Waals surface area contributed by atoms with Crippen LogP contribution in [0, 0.1) is 5.92 Å². The lowest BCUT2D eigenvalue weighted by Crippen LogP contribution is -2.50. The minimum atomic E-state index is -0.101. The molecule has 0 rings (SSSR count). The van der Waals surface area contributed by atoms with Gasteiger partial charge in [0.15, 0.2) is 0 Å². The Morgan fingerprint density at radius 1 is 1.45 bits per heavy atom.